The first-order valence-corrected chi connectivity index (χ1v) is 7.36. The van der Waals surface area contributed by atoms with E-state index in [0.29, 0.717) is 0 Å². The van der Waals surface area contributed by atoms with Gasteiger partial charge in [-0.25, -0.2) is 0 Å². The number of rotatable bonds is 4. The van der Waals surface area contributed by atoms with Gasteiger partial charge in [-0.3, -0.25) is 4.90 Å². The SMILES string of the molecule is CCC1CCN(C(C2CC2)C2CC2)CCN1. The lowest BCUT2D eigenvalue weighted by Gasteiger charge is -2.30. The number of nitrogens with one attached hydrogen (secondary N) is 1. The van der Waals surface area contributed by atoms with Crippen molar-refractivity contribution in [2.24, 2.45) is 11.8 Å². The Morgan fingerprint density at radius 1 is 1.06 bits per heavy atom. The average Bonchev–Trinajstić information content (AvgIpc) is 3.17. The highest BCUT2D eigenvalue weighted by Gasteiger charge is 2.44. The van der Waals surface area contributed by atoms with E-state index >= 15 is 0 Å². The van der Waals surface area contributed by atoms with E-state index in [9.17, 15) is 0 Å². The Labute approximate surface area is 99.8 Å². The van der Waals surface area contributed by atoms with E-state index in [2.05, 4.69) is 17.1 Å². The Bertz CT molecular complexity index is 221. The molecule has 1 unspecified atom stereocenters. The third kappa shape index (κ3) is 2.43. The summed E-state index contributed by atoms with van der Waals surface area (Å²) in [6.45, 7) is 6.18. The van der Waals surface area contributed by atoms with Crippen molar-refractivity contribution in [2.75, 3.05) is 19.6 Å². The van der Waals surface area contributed by atoms with Gasteiger partial charge in [-0.1, -0.05) is 6.92 Å². The lowest BCUT2D eigenvalue weighted by atomic mass is 10.0. The molecule has 0 aromatic rings. The molecule has 3 rings (SSSR count). The van der Waals surface area contributed by atoms with Crippen LogP contribution in [0, 0.1) is 11.8 Å². The molecule has 2 saturated carbocycles. The van der Waals surface area contributed by atoms with Crippen molar-refractivity contribution < 1.29 is 0 Å². The first-order chi connectivity index (χ1) is 7.88. The lowest BCUT2D eigenvalue weighted by Crippen LogP contribution is -2.40. The molecule has 1 N–H and O–H groups in total. The first kappa shape index (κ1) is 11.0. The van der Waals surface area contributed by atoms with Crippen molar-refractivity contribution in [3.63, 3.8) is 0 Å². The molecule has 3 aliphatic rings. The second kappa shape index (κ2) is 4.66. The highest BCUT2D eigenvalue weighted by molar-refractivity contribution is 4.98. The van der Waals surface area contributed by atoms with Crippen LogP contribution in [-0.4, -0.2) is 36.6 Å². The number of nitrogens with zero attached hydrogens (tertiary/aromatic N) is 1. The van der Waals surface area contributed by atoms with Gasteiger partial charge in [-0.15, -0.1) is 0 Å². The summed E-state index contributed by atoms with van der Waals surface area (Å²) >= 11 is 0. The van der Waals surface area contributed by atoms with Crippen LogP contribution in [0.4, 0.5) is 0 Å². The molecule has 0 aromatic heterocycles. The van der Waals surface area contributed by atoms with E-state index in [1.807, 2.05) is 0 Å². The molecule has 16 heavy (non-hydrogen) atoms. The summed E-state index contributed by atoms with van der Waals surface area (Å²) < 4.78 is 0. The molecule has 1 aliphatic heterocycles. The van der Waals surface area contributed by atoms with E-state index in [1.165, 1.54) is 58.2 Å². The van der Waals surface area contributed by atoms with Crippen molar-refractivity contribution in [1.82, 2.24) is 10.2 Å². The summed E-state index contributed by atoms with van der Waals surface area (Å²) in [5, 5.41) is 3.69. The Hall–Kier alpha value is -0.0800. The first-order valence-electron chi connectivity index (χ1n) is 7.36. The van der Waals surface area contributed by atoms with Crippen molar-refractivity contribution in [1.29, 1.82) is 0 Å². The van der Waals surface area contributed by atoms with Crippen LogP contribution in [0.15, 0.2) is 0 Å². The minimum absolute atomic E-state index is 0.782. The van der Waals surface area contributed by atoms with Crippen molar-refractivity contribution >= 4 is 0 Å². The molecule has 0 radical (unpaired) electrons. The molecule has 3 fully saturated rings. The summed E-state index contributed by atoms with van der Waals surface area (Å²) in [6, 6.07) is 1.75. The molecular weight excluding hydrogens is 196 g/mol. The molecule has 0 bridgehead atoms. The molecule has 1 saturated heterocycles. The van der Waals surface area contributed by atoms with Gasteiger partial charge in [0.2, 0.25) is 0 Å². The van der Waals surface area contributed by atoms with Gasteiger partial charge in [0, 0.05) is 25.2 Å². The fourth-order valence-corrected chi connectivity index (χ4v) is 3.45. The van der Waals surface area contributed by atoms with Crippen LogP contribution in [0.3, 0.4) is 0 Å². The molecule has 0 aromatic carbocycles. The van der Waals surface area contributed by atoms with Crippen LogP contribution in [0.1, 0.15) is 45.4 Å². The summed E-state index contributed by atoms with van der Waals surface area (Å²) in [5.74, 6) is 2.15. The molecule has 0 amide bonds. The third-order valence-electron chi connectivity index (χ3n) is 4.72. The third-order valence-corrected chi connectivity index (χ3v) is 4.72. The van der Waals surface area contributed by atoms with E-state index < -0.39 is 0 Å². The largest absolute Gasteiger partial charge is 0.313 e. The van der Waals surface area contributed by atoms with E-state index in [1.54, 1.807) is 0 Å². The predicted molar refractivity (Wildman–Crippen MR) is 67.5 cm³/mol. The summed E-state index contributed by atoms with van der Waals surface area (Å²) in [6.07, 6.45) is 8.73. The van der Waals surface area contributed by atoms with Gasteiger partial charge in [-0.05, 0) is 56.9 Å². The molecular formula is C14H26N2. The second-order valence-corrected chi connectivity index (χ2v) is 6.05. The fraction of sp³-hybridized carbons (Fsp3) is 1.00. The highest BCUT2D eigenvalue weighted by Crippen LogP contribution is 2.47. The van der Waals surface area contributed by atoms with Crippen molar-refractivity contribution in [3.8, 4) is 0 Å². The standard InChI is InChI=1S/C14H26N2/c1-2-13-7-9-16(10-8-15-13)14(11-3-4-11)12-5-6-12/h11-15H,2-10H2,1H3. The zero-order valence-electron chi connectivity index (χ0n) is 10.6. The quantitative estimate of drug-likeness (QED) is 0.785. The van der Waals surface area contributed by atoms with Crippen LogP contribution in [0.5, 0.6) is 0 Å². The zero-order valence-corrected chi connectivity index (χ0v) is 10.6. The smallest absolute Gasteiger partial charge is 0.0152 e. The molecule has 2 aliphatic carbocycles. The number of hydrogen-bond donors (Lipinski definition) is 1. The summed E-state index contributed by atoms with van der Waals surface area (Å²) in [5.41, 5.74) is 0. The van der Waals surface area contributed by atoms with Crippen molar-refractivity contribution in [2.45, 2.75) is 57.5 Å². The maximum Gasteiger partial charge on any atom is 0.0152 e. The van der Waals surface area contributed by atoms with E-state index in [4.69, 9.17) is 0 Å². The molecule has 1 atom stereocenters. The number of hydrogen-bond acceptors (Lipinski definition) is 2. The van der Waals surface area contributed by atoms with Crippen LogP contribution in [0.2, 0.25) is 0 Å². The van der Waals surface area contributed by atoms with Crippen molar-refractivity contribution in [3.05, 3.63) is 0 Å². The highest BCUT2D eigenvalue weighted by atomic mass is 15.2. The monoisotopic (exact) mass is 222 g/mol. The maximum atomic E-state index is 3.69. The van der Waals surface area contributed by atoms with Gasteiger partial charge in [-0.2, -0.15) is 0 Å². The van der Waals surface area contributed by atoms with Crippen LogP contribution >= 0.6 is 0 Å². The minimum Gasteiger partial charge on any atom is -0.313 e. The Morgan fingerprint density at radius 2 is 1.75 bits per heavy atom. The minimum atomic E-state index is 0.782. The second-order valence-electron chi connectivity index (χ2n) is 6.05. The molecule has 1 heterocycles. The Balaban J connectivity index is 1.59. The molecule has 2 nitrogen and oxygen atoms in total. The van der Waals surface area contributed by atoms with Gasteiger partial charge >= 0.3 is 0 Å². The van der Waals surface area contributed by atoms with Gasteiger partial charge in [0.25, 0.3) is 0 Å². The van der Waals surface area contributed by atoms with Gasteiger partial charge in [0.15, 0.2) is 0 Å². The average molecular weight is 222 g/mol. The summed E-state index contributed by atoms with van der Waals surface area (Å²) in [7, 11) is 0. The predicted octanol–water partition coefficient (Wildman–Crippen LogP) is 2.25. The molecule has 2 heteroatoms. The topological polar surface area (TPSA) is 15.3 Å². The van der Waals surface area contributed by atoms with Crippen LogP contribution in [0.25, 0.3) is 0 Å². The molecule has 92 valence electrons. The van der Waals surface area contributed by atoms with E-state index in [0.717, 1.165) is 23.9 Å². The zero-order chi connectivity index (χ0) is 11.0. The maximum absolute atomic E-state index is 3.69. The fourth-order valence-electron chi connectivity index (χ4n) is 3.45. The van der Waals surface area contributed by atoms with Gasteiger partial charge in [0.1, 0.15) is 0 Å². The summed E-state index contributed by atoms with van der Waals surface area (Å²) in [4.78, 5) is 2.83. The van der Waals surface area contributed by atoms with E-state index in [-0.39, 0.29) is 0 Å². The van der Waals surface area contributed by atoms with Crippen LogP contribution < -0.4 is 5.32 Å². The Morgan fingerprint density at radius 3 is 2.31 bits per heavy atom. The molecule has 0 spiro atoms. The van der Waals surface area contributed by atoms with Crippen LogP contribution in [-0.2, 0) is 0 Å². The Kier molecular flexibility index (Phi) is 3.21. The van der Waals surface area contributed by atoms with Gasteiger partial charge < -0.3 is 5.32 Å². The van der Waals surface area contributed by atoms with Gasteiger partial charge in [0.05, 0.1) is 0 Å². The lowest BCUT2D eigenvalue weighted by molar-refractivity contribution is 0.165. The normalized spacial score (nSPS) is 33.0.